The van der Waals surface area contributed by atoms with Crippen LogP contribution in [0.1, 0.15) is 55.3 Å². The van der Waals surface area contributed by atoms with E-state index in [9.17, 15) is 13.2 Å². The highest BCUT2D eigenvalue weighted by Gasteiger charge is 2.40. The topological polar surface area (TPSA) is 92.5 Å². The predicted molar refractivity (Wildman–Crippen MR) is 111 cm³/mol. The molecule has 1 amide bonds. The molecule has 2 bridgehead atoms. The average Bonchev–Trinajstić information content (AvgIpc) is 3.18. The molecule has 156 valence electrons. The summed E-state index contributed by atoms with van der Waals surface area (Å²) in [7, 11) is -3.44. The molecule has 1 aromatic rings. The lowest BCUT2D eigenvalue weighted by Crippen LogP contribution is -2.53. The van der Waals surface area contributed by atoms with Crippen LogP contribution in [0.15, 0.2) is 29.2 Å². The maximum atomic E-state index is 12.7. The van der Waals surface area contributed by atoms with Crippen LogP contribution in [0.2, 0.25) is 0 Å². The van der Waals surface area contributed by atoms with Gasteiger partial charge in [-0.2, -0.15) is 4.31 Å². The lowest BCUT2D eigenvalue weighted by Gasteiger charge is -2.45. The molecule has 1 heterocycles. The molecule has 3 N–H and O–H groups in total. The van der Waals surface area contributed by atoms with Gasteiger partial charge in [-0.1, -0.05) is 6.42 Å². The second kappa shape index (κ2) is 8.69. The first-order valence-corrected chi connectivity index (χ1v) is 11.6. The minimum absolute atomic E-state index is 0. The Hall–Kier alpha value is -1.15. The summed E-state index contributed by atoms with van der Waals surface area (Å²) in [5.74, 6) is 0.815. The molecule has 0 spiro atoms. The van der Waals surface area contributed by atoms with Crippen molar-refractivity contribution in [2.75, 3.05) is 13.1 Å². The quantitative estimate of drug-likeness (QED) is 0.772. The molecule has 1 aromatic carbocycles. The van der Waals surface area contributed by atoms with E-state index in [2.05, 4.69) is 5.32 Å². The monoisotopic (exact) mass is 427 g/mol. The number of nitrogens with one attached hydrogen (secondary N) is 1. The van der Waals surface area contributed by atoms with Crippen molar-refractivity contribution < 1.29 is 13.2 Å². The van der Waals surface area contributed by atoms with E-state index >= 15 is 0 Å². The van der Waals surface area contributed by atoms with E-state index in [1.54, 1.807) is 24.3 Å². The largest absolute Gasteiger partial charge is 0.349 e. The number of fused-ring (bicyclic) bond motifs is 2. The molecule has 28 heavy (non-hydrogen) atoms. The maximum absolute atomic E-state index is 12.7. The first kappa shape index (κ1) is 21.6. The number of nitrogens with two attached hydrogens (primary N) is 1. The molecule has 0 radical (unpaired) electrons. The Morgan fingerprint density at radius 3 is 2.14 bits per heavy atom. The fourth-order valence-corrected chi connectivity index (χ4v) is 6.63. The van der Waals surface area contributed by atoms with Gasteiger partial charge >= 0.3 is 0 Å². The van der Waals surface area contributed by atoms with Crippen LogP contribution in [0.5, 0.6) is 0 Å². The molecular weight excluding hydrogens is 398 g/mol. The fraction of sp³-hybridized carbons (Fsp3) is 0.650. The molecule has 2 unspecified atom stereocenters. The molecule has 0 aromatic heterocycles. The maximum Gasteiger partial charge on any atom is 0.251 e. The molecule has 2 aliphatic carbocycles. The first-order valence-electron chi connectivity index (χ1n) is 10.1. The first-order chi connectivity index (χ1) is 12.9. The lowest BCUT2D eigenvalue weighted by atomic mass is 9.67. The van der Waals surface area contributed by atoms with Crippen LogP contribution in [-0.4, -0.2) is 43.8 Å². The minimum Gasteiger partial charge on any atom is -0.349 e. The molecule has 4 rings (SSSR count). The Balaban J connectivity index is 0.00000225. The van der Waals surface area contributed by atoms with Gasteiger partial charge in [-0.25, -0.2) is 8.42 Å². The van der Waals surface area contributed by atoms with E-state index in [-0.39, 0.29) is 35.3 Å². The van der Waals surface area contributed by atoms with Gasteiger partial charge in [0.05, 0.1) is 4.90 Å². The summed E-state index contributed by atoms with van der Waals surface area (Å²) in [4.78, 5) is 13.0. The summed E-state index contributed by atoms with van der Waals surface area (Å²) in [5, 5.41) is 3.22. The zero-order valence-electron chi connectivity index (χ0n) is 16.0. The molecule has 3 aliphatic rings. The van der Waals surface area contributed by atoms with Gasteiger partial charge in [0.25, 0.3) is 5.91 Å². The molecule has 2 atom stereocenters. The Morgan fingerprint density at radius 2 is 1.57 bits per heavy atom. The van der Waals surface area contributed by atoms with E-state index in [1.807, 2.05) is 0 Å². The fourth-order valence-electron chi connectivity index (χ4n) is 5.12. The van der Waals surface area contributed by atoms with E-state index < -0.39 is 10.0 Å². The van der Waals surface area contributed by atoms with E-state index in [1.165, 1.54) is 10.7 Å². The predicted octanol–water partition coefficient (Wildman–Crippen LogP) is 2.53. The summed E-state index contributed by atoms with van der Waals surface area (Å²) in [6.45, 7) is 1.16. The van der Waals surface area contributed by atoms with Crippen LogP contribution in [-0.2, 0) is 10.0 Å². The highest BCUT2D eigenvalue weighted by molar-refractivity contribution is 7.89. The Kier molecular flexibility index (Phi) is 6.69. The van der Waals surface area contributed by atoms with Crippen molar-refractivity contribution in [2.24, 2.45) is 17.6 Å². The van der Waals surface area contributed by atoms with E-state index in [0.717, 1.165) is 38.5 Å². The Bertz CT molecular complexity index is 779. The number of halogens is 1. The van der Waals surface area contributed by atoms with Gasteiger partial charge in [0.2, 0.25) is 10.0 Å². The minimum atomic E-state index is -3.44. The smallest absolute Gasteiger partial charge is 0.251 e. The molecule has 6 nitrogen and oxygen atoms in total. The van der Waals surface area contributed by atoms with Gasteiger partial charge < -0.3 is 11.1 Å². The zero-order valence-corrected chi connectivity index (χ0v) is 17.7. The average molecular weight is 428 g/mol. The van der Waals surface area contributed by atoms with Crippen LogP contribution >= 0.6 is 12.4 Å². The summed E-state index contributed by atoms with van der Waals surface area (Å²) in [6.07, 6.45) is 7.25. The molecular formula is C20H30ClN3O3S. The van der Waals surface area contributed by atoms with Crippen molar-refractivity contribution in [3.8, 4) is 0 Å². The SMILES string of the molecule is Cl.NC1CC2CCCC(C1)C2NC(=O)c1ccc(S(=O)(=O)N2CCCC2)cc1. The number of nitrogens with zero attached hydrogens (tertiary/aromatic N) is 1. The van der Waals surface area contributed by atoms with Crippen molar-refractivity contribution in [3.63, 3.8) is 0 Å². The molecule has 1 saturated heterocycles. The highest BCUT2D eigenvalue weighted by atomic mass is 35.5. The normalized spacial score (nSPS) is 30.5. The third-order valence-corrected chi connectivity index (χ3v) is 8.41. The summed E-state index contributed by atoms with van der Waals surface area (Å²) < 4.78 is 26.7. The van der Waals surface area contributed by atoms with Gasteiger partial charge in [0.1, 0.15) is 0 Å². The molecule has 3 fully saturated rings. The lowest BCUT2D eigenvalue weighted by molar-refractivity contribution is 0.0756. The van der Waals surface area contributed by atoms with Gasteiger partial charge in [-0.3, -0.25) is 4.79 Å². The number of hydrogen-bond acceptors (Lipinski definition) is 4. The molecule has 2 saturated carbocycles. The van der Waals surface area contributed by atoms with Crippen LogP contribution in [0.3, 0.4) is 0 Å². The van der Waals surface area contributed by atoms with Crippen molar-refractivity contribution in [2.45, 2.75) is 61.9 Å². The number of amides is 1. The number of benzene rings is 1. The number of rotatable bonds is 4. The second-order valence-corrected chi connectivity index (χ2v) is 10.3. The van der Waals surface area contributed by atoms with Crippen molar-refractivity contribution >= 4 is 28.3 Å². The summed E-state index contributed by atoms with van der Waals surface area (Å²) in [5.41, 5.74) is 6.68. The van der Waals surface area contributed by atoms with Crippen molar-refractivity contribution in [3.05, 3.63) is 29.8 Å². The van der Waals surface area contributed by atoms with E-state index in [0.29, 0.717) is 30.5 Å². The van der Waals surface area contributed by atoms with Gasteiger partial charge in [0, 0.05) is 30.7 Å². The highest BCUT2D eigenvalue weighted by Crippen LogP contribution is 2.39. The summed E-state index contributed by atoms with van der Waals surface area (Å²) >= 11 is 0. The summed E-state index contributed by atoms with van der Waals surface area (Å²) in [6, 6.07) is 6.81. The second-order valence-electron chi connectivity index (χ2n) is 8.32. The van der Waals surface area contributed by atoms with E-state index in [4.69, 9.17) is 5.73 Å². The third-order valence-electron chi connectivity index (χ3n) is 6.49. The van der Waals surface area contributed by atoms with Gasteiger partial charge in [0.15, 0.2) is 0 Å². The number of carbonyl (C=O) groups is 1. The standard InChI is InChI=1S/C20H29N3O3S.ClH/c21-17-12-15-4-3-5-16(13-17)19(15)22-20(24)14-6-8-18(9-7-14)27(25,26)23-10-1-2-11-23;/h6-9,15-17,19H,1-5,10-13,21H2,(H,22,24);1H. The Morgan fingerprint density at radius 1 is 1.00 bits per heavy atom. The van der Waals surface area contributed by atoms with Crippen LogP contribution in [0, 0.1) is 11.8 Å². The van der Waals surface area contributed by atoms with Crippen molar-refractivity contribution in [1.82, 2.24) is 9.62 Å². The molecule has 8 heteroatoms. The molecule has 1 aliphatic heterocycles. The van der Waals surface area contributed by atoms with Crippen molar-refractivity contribution in [1.29, 1.82) is 0 Å². The van der Waals surface area contributed by atoms with Crippen LogP contribution in [0.25, 0.3) is 0 Å². The van der Waals surface area contributed by atoms with Crippen LogP contribution in [0.4, 0.5) is 0 Å². The Labute approximate surface area is 173 Å². The zero-order chi connectivity index (χ0) is 19.0. The number of sulfonamides is 1. The number of hydrogen-bond donors (Lipinski definition) is 2. The van der Waals surface area contributed by atoms with Gasteiger partial charge in [-0.15, -0.1) is 12.4 Å². The van der Waals surface area contributed by atoms with Gasteiger partial charge in [-0.05, 0) is 74.6 Å². The number of carbonyl (C=O) groups excluding carboxylic acids is 1. The third kappa shape index (κ3) is 4.22. The van der Waals surface area contributed by atoms with Crippen LogP contribution < -0.4 is 11.1 Å².